The van der Waals surface area contributed by atoms with Crippen molar-refractivity contribution >= 4 is 40.1 Å². The van der Waals surface area contributed by atoms with Crippen LogP contribution < -0.4 is 16.2 Å². The summed E-state index contributed by atoms with van der Waals surface area (Å²) in [4.78, 5) is 16.4. The van der Waals surface area contributed by atoms with Gasteiger partial charge >= 0.3 is 5.76 Å². The molecule has 120 valence electrons. The standard InChI is InChI=1S/C15H13Cl2N3O3/c1-7(2)22-12-4-3-11-14(19-12)23-15(21)20(11)13-9(16)5-8(18)6-10(13)17/h3-7H,18H2,1-2H3. The lowest BCUT2D eigenvalue weighted by molar-refractivity contribution is 0.232. The van der Waals surface area contributed by atoms with Crippen molar-refractivity contribution in [1.82, 2.24) is 9.55 Å². The number of anilines is 1. The lowest BCUT2D eigenvalue weighted by Crippen LogP contribution is -2.13. The molecule has 0 fully saturated rings. The highest BCUT2D eigenvalue weighted by atomic mass is 35.5. The fourth-order valence-corrected chi connectivity index (χ4v) is 2.88. The van der Waals surface area contributed by atoms with Crippen LogP contribution in [0.5, 0.6) is 5.88 Å². The number of pyridine rings is 1. The Bertz CT molecular complexity index is 924. The number of halogens is 2. The molecular weight excluding hydrogens is 341 g/mol. The van der Waals surface area contributed by atoms with Crippen LogP contribution in [-0.4, -0.2) is 15.7 Å². The van der Waals surface area contributed by atoms with E-state index in [1.807, 2.05) is 13.8 Å². The first-order chi connectivity index (χ1) is 10.9. The second-order valence-corrected chi connectivity index (χ2v) is 5.99. The summed E-state index contributed by atoms with van der Waals surface area (Å²) in [6.45, 7) is 3.75. The summed E-state index contributed by atoms with van der Waals surface area (Å²) >= 11 is 12.4. The van der Waals surface area contributed by atoms with Crippen molar-refractivity contribution in [2.75, 3.05) is 5.73 Å². The van der Waals surface area contributed by atoms with E-state index in [9.17, 15) is 4.79 Å². The number of hydrogen-bond acceptors (Lipinski definition) is 5. The molecule has 0 atom stereocenters. The molecule has 8 heteroatoms. The lowest BCUT2D eigenvalue weighted by Gasteiger charge is -2.09. The van der Waals surface area contributed by atoms with Crippen LogP contribution in [0, 0.1) is 0 Å². The van der Waals surface area contributed by atoms with E-state index >= 15 is 0 Å². The molecule has 0 saturated heterocycles. The molecule has 0 spiro atoms. The van der Waals surface area contributed by atoms with Crippen LogP contribution in [0.3, 0.4) is 0 Å². The zero-order chi connectivity index (χ0) is 16.7. The smallest absolute Gasteiger partial charge is 0.426 e. The SMILES string of the molecule is CC(C)Oc1ccc2c(n1)oc(=O)n2-c1c(Cl)cc(N)cc1Cl. The maximum absolute atomic E-state index is 12.2. The van der Waals surface area contributed by atoms with Crippen LogP contribution >= 0.6 is 23.2 Å². The molecule has 3 aromatic rings. The maximum atomic E-state index is 12.2. The molecule has 0 unspecified atom stereocenters. The highest BCUT2D eigenvalue weighted by Gasteiger charge is 2.19. The van der Waals surface area contributed by atoms with Crippen molar-refractivity contribution in [1.29, 1.82) is 0 Å². The minimum absolute atomic E-state index is 0.0465. The largest absolute Gasteiger partial charge is 0.475 e. The number of aromatic nitrogens is 2. The predicted octanol–water partition coefficient (Wildman–Crippen LogP) is 3.65. The first kappa shape index (κ1) is 15.7. The summed E-state index contributed by atoms with van der Waals surface area (Å²) in [7, 11) is 0. The lowest BCUT2D eigenvalue weighted by atomic mass is 10.2. The molecule has 6 nitrogen and oxygen atoms in total. The molecule has 23 heavy (non-hydrogen) atoms. The van der Waals surface area contributed by atoms with Crippen molar-refractivity contribution < 1.29 is 9.15 Å². The number of nitrogen functional groups attached to an aromatic ring is 1. The predicted molar refractivity (Wildman–Crippen MR) is 89.8 cm³/mol. The van der Waals surface area contributed by atoms with E-state index in [0.717, 1.165) is 0 Å². The van der Waals surface area contributed by atoms with E-state index in [0.29, 0.717) is 22.8 Å². The van der Waals surface area contributed by atoms with Gasteiger partial charge in [0.1, 0.15) is 5.52 Å². The highest BCUT2D eigenvalue weighted by Crippen LogP contribution is 2.32. The van der Waals surface area contributed by atoms with Gasteiger partial charge in [-0.1, -0.05) is 23.2 Å². The Labute approximate surface area is 141 Å². The van der Waals surface area contributed by atoms with Gasteiger partial charge in [-0.05, 0) is 32.0 Å². The number of nitrogens with zero attached hydrogens (tertiary/aromatic N) is 2. The number of ether oxygens (including phenoxy) is 1. The average Bonchev–Trinajstić information content (AvgIpc) is 2.73. The van der Waals surface area contributed by atoms with Crippen LogP contribution in [0.15, 0.2) is 33.5 Å². The molecule has 2 heterocycles. The monoisotopic (exact) mass is 353 g/mol. The van der Waals surface area contributed by atoms with E-state index in [2.05, 4.69) is 4.98 Å². The van der Waals surface area contributed by atoms with Gasteiger partial charge in [-0.3, -0.25) is 0 Å². The third-order valence-electron chi connectivity index (χ3n) is 3.04. The summed E-state index contributed by atoms with van der Waals surface area (Å²) in [6, 6.07) is 6.33. The van der Waals surface area contributed by atoms with E-state index in [1.54, 1.807) is 12.1 Å². The Morgan fingerprint density at radius 1 is 1.26 bits per heavy atom. The van der Waals surface area contributed by atoms with E-state index in [4.69, 9.17) is 38.1 Å². The molecule has 2 N–H and O–H groups in total. The van der Waals surface area contributed by atoms with Crippen molar-refractivity contribution in [2.24, 2.45) is 0 Å². The Balaban J connectivity index is 2.23. The molecular formula is C15H13Cl2N3O3. The minimum atomic E-state index is -0.650. The van der Waals surface area contributed by atoms with Gasteiger partial charge < -0.3 is 14.9 Å². The zero-order valence-corrected chi connectivity index (χ0v) is 13.9. The van der Waals surface area contributed by atoms with Crippen LogP contribution in [-0.2, 0) is 0 Å². The number of benzene rings is 1. The molecule has 2 aromatic heterocycles. The summed E-state index contributed by atoms with van der Waals surface area (Å²) < 4.78 is 11.9. The Morgan fingerprint density at radius 2 is 1.91 bits per heavy atom. The molecule has 1 aromatic carbocycles. The van der Waals surface area contributed by atoms with Gasteiger partial charge in [0.05, 0.1) is 21.8 Å². The van der Waals surface area contributed by atoms with Crippen LogP contribution in [0.2, 0.25) is 10.0 Å². The van der Waals surface area contributed by atoms with E-state index in [1.165, 1.54) is 16.7 Å². The summed E-state index contributed by atoms with van der Waals surface area (Å²) in [5, 5.41) is 0.476. The highest BCUT2D eigenvalue weighted by molar-refractivity contribution is 6.38. The Morgan fingerprint density at radius 3 is 2.52 bits per heavy atom. The molecule has 0 amide bonds. The molecule has 3 rings (SSSR count). The second kappa shape index (κ2) is 5.79. The van der Waals surface area contributed by atoms with Crippen molar-refractivity contribution in [3.63, 3.8) is 0 Å². The van der Waals surface area contributed by atoms with Crippen molar-refractivity contribution in [2.45, 2.75) is 20.0 Å². The van der Waals surface area contributed by atoms with Gasteiger partial charge in [0.2, 0.25) is 5.88 Å². The van der Waals surface area contributed by atoms with Crippen LogP contribution in [0.1, 0.15) is 13.8 Å². The molecule has 0 aliphatic carbocycles. The topological polar surface area (TPSA) is 83.3 Å². The quantitative estimate of drug-likeness (QED) is 0.726. The number of oxazole rings is 1. The average molecular weight is 354 g/mol. The summed E-state index contributed by atoms with van der Waals surface area (Å²) in [5.41, 5.74) is 6.95. The van der Waals surface area contributed by atoms with E-state index in [-0.39, 0.29) is 21.9 Å². The third-order valence-corrected chi connectivity index (χ3v) is 3.62. The van der Waals surface area contributed by atoms with Crippen LogP contribution in [0.25, 0.3) is 16.9 Å². The minimum Gasteiger partial charge on any atom is -0.475 e. The fourth-order valence-electron chi connectivity index (χ4n) is 2.21. The van der Waals surface area contributed by atoms with Gasteiger partial charge in [0.15, 0.2) is 0 Å². The first-order valence-electron chi connectivity index (χ1n) is 6.81. The molecule has 0 aliphatic heterocycles. The second-order valence-electron chi connectivity index (χ2n) is 5.18. The van der Waals surface area contributed by atoms with Gasteiger partial charge in [0.25, 0.3) is 5.71 Å². The number of hydrogen-bond donors (Lipinski definition) is 1. The summed E-state index contributed by atoms with van der Waals surface area (Å²) in [6.07, 6.45) is -0.0465. The van der Waals surface area contributed by atoms with Gasteiger partial charge in [-0.2, -0.15) is 4.98 Å². The van der Waals surface area contributed by atoms with Gasteiger partial charge in [0, 0.05) is 11.8 Å². The van der Waals surface area contributed by atoms with Crippen molar-refractivity contribution in [3.05, 3.63) is 44.9 Å². The Hall–Kier alpha value is -2.18. The Kier molecular flexibility index (Phi) is 3.95. The normalized spacial score (nSPS) is 11.3. The van der Waals surface area contributed by atoms with E-state index < -0.39 is 5.76 Å². The number of fused-ring (bicyclic) bond motifs is 1. The van der Waals surface area contributed by atoms with Gasteiger partial charge in [-0.25, -0.2) is 9.36 Å². The van der Waals surface area contributed by atoms with Crippen LogP contribution in [0.4, 0.5) is 5.69 Å². The molecule has 0 radical (unpaired) electrons. The van der Waals surface area contributed by atoms with Crippen molar-refractivity contribution in [3.8, 4) is 11.6 Å². The molecule has 0 saturated carbocycles. The first-order valence-corrected chi connectivity index (χ1v) is 7.56. The van der Waals surface area contributed by atoms with Gasteiger partial charge in [-0.15, -0.1) is 0 Å². The molecule has 0 bridgehead atoms. The summed E-state index contributed by atoms with van der Waals surface area (Å²) in [5.74, 6) is -0.286. The third kappa shape index (κ3) is 2.87. The molecule has 0 aliphatic rings. The fraction of sp³-hybridized carbons (Fsp3) is 0.200. The number of nitrogens with two attached hydrogens (primary N) is 1. The zero-order valence-electron chi connectivity index (χ0n) is 12.3. The number of rotatable bonds is 3. The maximum Gasteiger partial charge on any atom is 0.426 e.